The minimum absolute atomic E-state index is 0.296. The van der Waals surface area contributed by atoms with E-state index in [9.17, 15) is 9.90 Å². The zero-order valence-corrected chi connectivity index (χ0v) is 11.0. The van der Waals surface area contributed by atoms with E-state index in [-0.39, 0.29) is 0 Å². The Morgan fingerprint density at radius 2 is 2.00 bits per heavy atom. The van der Waals surface area contributed by atoms with Crippen molar-refractivity contribution < 1.29 is 14.6 Å². The van der Waals surface area contributed by atoms with Crippen LogP contribution in [0, 0.1) is 6.92 Å². The number of aliphatic hydroxyl groups excluding tert-OH is 1. The predicted octanol–water partition coefficient (Wildman–Crippen LogP) is 2.47. The fourth-order valence-electron chi connectivity index (χ4n) is 2.68. The highest BCUT2D eigenvalue weighted by Gasteiger charge is 2.24. The second-order valence-corrected chi connectivity index (χ2v) is 4.79. The Balaban J connectivity index is 2.36. The van der Waals surface area contributed by atoms with E-state index >= 15 is 0 Å². The van der Waals surface area contributed by atoms with Gasteiger partial charge < -0.3 is 9.84 Å². The third kappa shape index (κ3) is 2.41. The number of carbonyl (C=O) groups excluding carboxylic acids is 1. The molecule has 1 aromatic rings. The number of hydrogen-bond donors (Lipinski definition) is 1. The molecule has 0 bridgehead atoms. The Labute approximate surface area is 108 Å². The second kappa shape index (κ2) is 5.53. The first-order valence-corrected chi connectivity index (χ1v) is 6.61. The molecule has 3 heteroatoms. The van der Waals surface area contributed by atoms with Crippen molar-refractivity contribution in [1.29, 1.82) is 0 Å². The van der Waals surface area contributed by atoms with Gasteiger partial charge in [0.25, 0.3) is 0 Å². The van der Waals surface area contributed by atoms with Crippen molar-refractivity contribution in [2.24, 2.45) is 0 Å². The number of hydrogen-bond acceptors (Lipinski definition) is 3. The van der Waals surface area contributed by atoms with Gasteiger partial charge in [0.15, 0.2) is 6.10 Å². The Kier molecular flexibility index (Phi) is 4.02. The summed E-state index contributed by atoms with van der Waals surface area (Å²) in [5.74, 6) is -0.547. The number of benzene rings is 1. The lowest BCUT2D eigenvalue weighted by atomic mass is 9.84. The standard InChI is InChI=1S/C15H20O3/c1-3-18-15(17)14(16)13-9-8-10(2)11-6-4-5-7-12(11)13/h8-9,14,16H,3-7H2,1-2H3. The van der Waals surface area contributed by atoms with Gasteiger partial charge in [-0.05, 0) is 61.8 Å². The molecule has 0 saturated heterocycles. The van der Waals surface area contributed by atoms with Crippen LogP contribution in [-0.2, 0) is 22.4 Å². The molecule has 1 atom stereocenters. The molecule has 98 valence electrons. The van der Waals surface area contributed by atoms with Crippen LogP contribution in [0.3, 0.4) is 0 Å². The van der Waals surface area contributed by atoms with Crippen molar-refractivity contribution in [1.82, 2.24) is 0 Å². The van der Waals surface area contributed by atoms with Crippen LogP contribution in [0.4, 0.5) is 0 Å². The zero-order valence-electron chi connectivity index (χ0n) is 11.0. The topological polar surface area (TPSA) is 46.5 Å². The Morgan fingerprint density at radius 1 is 1.33 bits per heavy atom. The Morgan fingerprint density at radius 3 is 2.67 bits per heavy atom. The fourth-order valence-corrected chi connectivity index (χ4v) is 2.68. The van der Waals surface area contributed by atoms with E-state index < -0.39 is 12.1 Å². The van der Waals surface area contributed by atoms with Crippen molar-refractivity contribution in [3.63, 3.8) is 0 Å². The lowest BCUT2D eigenvalue weighted by Crippen LogP contribution is -2.19. The third-order valence-corrected chi connectivity index (χ3v) is 3.61. The molecule has 2 rings (SSSR count). The maximum atomic E-state index is 11.6. The van der Waals surface area contributed by atoms with Gasteiger partial charge in [-0.1, -0.05) is 12.1 Å². The first kappa shape index (κ1) is 13.1. The zero-order chi connectivity index (χ0) is 13.1. The number of carbonyl (C=O) groups is 1. The van der Waals surface area contributed by atoms with Crippen LogP contribution in [0.2, 0.25) is 0 Å². The summed E-state index contributed by atoms with van der Waals surface area (Å²) in [6.07, 6.45) is 3.16. The van der Waals surface area contributed by atoms with Gasteiger partial charge in [0.2, 0.25) is 0 Å². The van der Waals surface area contributed by atoms with Crippen molar-refractivity contribution in [2.45, 2.75) is 45.6 Å². The van der Waals surface area contributed by atoms with Gasteiger partial charge >= 0.3 is 5.97 Å². The monoisotopic (exact) mass is 248 g/mol. The van der Waals surface area contributed by atoms with Gasteiger partial charge in [-0.15, -0.1) is 0 Å². The maximum Gasteiger partial charge on any atom is 0.339 e. The summed E-state index contributed by atoms with van der Waals surface area (Å²) in [5, 5.41) is 10.1. The molecule has 3 nitrogen and oxygen atoms in total. The largest absolute Gasteiger partial charge is 0.464 e. The number of aryl methyl sites for hydroxylation is 1. The highest BCUT2D eigenvalue weighted by atomic mass is 16.5. The van der Waals surface area contributed by atoms with E-state index in [1.165, 1.54) is 17.5 Å². The first-order valence-electron chi connectivity index (χ1n) is 6.61. The SMILES string of the molecule is CCOC(=O)C(O)c1ccc(C)c2c1CCCC2. The van der Waals surface area contributed by atoms with E-state index in [1.807, 2.05) is 12.1 Å². The van der Waals surface area contributed by atoms with Gasteiger partial charge in [-0.3, -0.25) is 0 Å². The van der Waals surface area contributed by atoms with Crippen LogP contribution in [0.5, 0.6) is 0 Å². The fraction of sp³-hybridized carbons (Fsp3) is 0.533. The number of ether oxygens (including phenoxy) is 1. The molecule has 0 amide bonds. The molecule has 0 saturated carbocycles. The molecule has 1 N–H and O–H groups in total. The summed E-state index contributed by atoms with van der Waals surface area (Å²) in [6, 6.07) is 3.85. The minimum Gasteiger partial charge on any atom is -0.464 e. The van der Waals surface area contributed by atoms with Gasteiger partial charge in [-0.25, -0.2) is 4.79 Å². The lowest BCUT2D eigenvalue weighted by molar-refractivity contribution is -0.153. The van der Waals surface area contributed by atoms with Crippen molar-refractivity contribution in [3.05, 3.63) is 34.4 Å². The van der Waals surface area contributed by atoms with Crippen LogP contribution in [0.25, 0.3) is 0 Å². The van der Waals surface area contributed by atoms with Crippen molar-refractivity contribution in [3.8, 4) is 0 Å². The summed E-state index contributed by atoms with van der Waals surface area (Å²) in [6.45, 7) is 4.13. The number of rotatable bonds is 3. The summed E-state index contributed by atoms with van der Waals surface area (Å²) < 4.78 is 4.89. The summed E-state index contributed by atoms with van der Waals surface area (Å²) >= 11 is 0. The number of fused-ring (bicyclic) bond motifs is 1. The van der Waals surface area contributed by atoms with E-state index in [4.69, 9.17) is 4.74 Å². The van der Waals surface area contributed by atoms with Gasteiger partial charge in [0.05, 0.1) is 6.61 Å². The molecule has 0 spiro atoms. The van der Waals surface area contributed by atoms with Gasteiger partial charge in [-0.2, -0.15) is 0 Å². The molecule has 1 aromatic carbocycles. The van der Waals surface area contributed by atoms with Crippen LogP contribution in [0.1, 0.15) is 48.1 Å². The molecule has 18 heavy (non-hydrogen) atoms. The van der Waals surface area contributed by atoms with E-state index in [2.05, 4.69) is 6.92 Å². The maximum absolute atomic E-state index is 11.6. The summed E-state index contributed by atoms with van der Waals surface area (Å²) in [5.41, 5.74) is 4.45. The molecular formula is C15H20O3. The molecule has 0 aromatic heterocycles. The number of esters is 1. The normalized spacial score (nSPS) is 15.9. The minimum atomic E-state index is -1.14. The van der Waals surface area contributed by atoms with Crippen LogP contribution in [-0.4, -0.2) is 17.7 Å². The van der Waals surface area contributed by atoms with Gasteiger partial charge in [0.1, 0.15) is 0 Å². The van der Waals surface area contributed by atoms with E-state index in [1.54, 1.807) is 6.92 Å². The lowest BCUT2D eigenvalue weighted by Gasteiger charge is -2.23. The van der Waals surface area contributed by atoms with Crippen molar-refractivity contribution >= 4 is 5.97 Å². The van der Waals surface area contributed by atoms with Crippen molar-refractivity contribution in [2.75, 3.05) is 6.61 Å². The van der Waals surface area contributed by atoms with Crippen LogP contribution >= 0.6 is 0 Å². The van der Waals surface area contributed by atoms with Crippen LogP contribution < -0.4 is 0 Å². The average Bonchev–Trinajstić information content (AvgIpc) is 2.39. The quantitative estimate of drug-likeness (QED) is 0.836. The molecule has 1 aliphatic carbocycles. The van der Waals surface area contributed by atoms with Crippen LogP contribution in [0.15, 0.2) is 12.1 Å². The van der Waals surface area contributed by atoms with E-state index in [0.29, 0.717) is 6.61 Å². The first-order chi connectivity index (χ1) is 8.65. The Bertz CT molecular complexity index is 451. The molecule has 1 unspecified atom stereocenters. The molecular weight excluding hydrogens is 228 g/mol. The Hall–Kier alpha value is -1.35. The molecule has 1 aliphatic rings. The third-order valence-electron chi connectivity index (χ3n) is 3.61. The molecule has 0 radical (unpaired) electrons. The second-order valence-electron chi connectivity index (χ2n) is 4.79. The molecule has 0 aliphatic heterocycles. The summed E-state index contributed by atoms with van der Waals surface area (Å²) in [7, 11) is 0. The average molecular weight is 248 g/mol. The van der Waals surface area contributed by atoms with E-state index in [0.717, 1.165) is 30.4 Å². The molecule has 0 fully saturated rings. The highest BCUT2D eigenvalue weighted by Crippen LogP contribution is 2.31. The predicted molar refractivity (Wildman–Crippen MR) is 69.4 cm³/mol. The summed E-state index contributed by atoms with van der Waals surface area (Å²) in [4.78, 5) is 11.6. The number of aliphatic hydroxyl groups is 1. The highest BCUT2D eigenvalue weighted by molar-refractivity contribution is 5.77. The smallest absolute Gasteiger partial charge is 0.339 e. The molecule has 0 heterocycles. The van der Waals surface area contributed by atoms with Gasteiger partial charge in [0, 0.05) is 0 Å².